The van der Waals surface area contributed by atoms with Crippen LogP contribution in [0.5, 0.6) is 0 Å². The summed E-state index contributed by atoms with van der Waals surface area (Å²) < 4.78 is 73.3. The molecule has 1 aliphatic heterocycles. The number of anilines is 1. The zero-order valence-electron chi connectivity index (χ0n) is 18.9. The number of alkyl halides is 3. The van der Waals surface area contributed by atoms with E-state index in [0.29, 0.717) is 5.69 Å². The Labute approximate surface area is 195 Å². The molecule has 2 atom stereocenters. The van der Waals surface area contributed by atoms with E-state index in [2.05, 4.69) is 14.8 Å². The molecule has 13 heteroatoms. The number of hydrogen-bond donors (Lipinski definition) is 4. The number of sulfonamides is 1. The molecule has 188 valence electrons. The summed E-state index contributed by atoms with van der Waals surface area (Å²) in [6.07, 6.45) is -1.03. The van der Waals surface area contributed by atoms with Crippen molar-refractivity contribution in [3.8, 4) is 0 Å². The summed E-state index contributed by atoms with van der Waals surface area (Å²) in [5.41, 5.74) is 2.90. The number of piperidine rings is 1. The van der Waals surface area contributed by atoms with Gasteiger partial charge in [0.05, 0.1) is 12.3 Å². The molecule has 1 heterocycles. The van der Waals surface area contributed by atoms with Crippen LogP contribution in [0.1, 0.15) is 50.8 Å². The van der Waals surface area contributed by atoms with E-state index in [4.69, 9.17) is 9.90 Å². The number of fused-ring (bicyclic) bond motifs is 1. The number of carboxylic acids is 1. The van der Waals surface area contributed by atoms with Gasteiger partial charge in [0.2, 0.25) is 10.0 Å². The molecule has 3 rings (SSSR count). The lowest BCUT2D eigenvalue weighted by Gasteiger charge is -2.40. The van der Waals surface area contributed by atoms with E-state index < -0.39 is 33.5 Å². The van der Waals surface area contributed by atoms with Crippen LogP contribution in [0.25, 0.3) is 0 Å². The van der Waals surface area contributed by atoms with Crippen LogP contribution >= 0.6 is 0 Å². The van der Waals surface area contributed by atoms with Crippen LogP contribution in [0.2, 0.25) is 0 Å². The zero-order valence-corrected chi connectivity index (χ0v) is 20.5. The summed E-state index contributed by atoms with van der Waals surface area (Å²) >= 11 is -1.17. The van der Waals surface area contributed by atoms with E-state index in [1.165, 1.54) is 0 Å². The summed E-state index contributed by atoms with van der Waals surface area (Å²) in [4.78, 5) is 8.90. The van der Waals surface area contributed by atoms with Crippen molar-refractivity contribution in [2.75, 3.05) is 24.1 Å². The summed E-state index contributed by atoms with van der Waals surface area (Å²) in [5.74, 6) is -2.76. The Morgan fingerprint density at radius 2 is 1.79 bits per heavy atom. The first kappa shape index (κ1) is 27.7. The first-order valence-electron chi connectivity index (χ1n) is 10.2. The van der Waals surface area contributed by atoms with Gasteiger partial charge in [0.1, 0.15) is 4.75 Å². The second-order valence-corrected chi connectivity index (χ2v) is 13.1. The molecule has 33 heavy (non-hydrogen) atoms. The summed E-state index contributed by atoms with van der Waals surface area (Å²) in [7, 11) is -3.30. The van der Waals surface area contributed by atoms with E-state index in [1.54, 1.807) is 6.07 Å². The third kappa shape index (κ3) is 7.47. The predicted molar refractivity (Wildman–Crippen MR) is 121 cm³/mol. The minimum atomic E-state index is -5.08. The molecular formula is C20H30F3N3O5S2. The van der Waals surface area contributed by atoms with E-state index in [-0.39, 0.29) is 16.2 Å². The number of halogens is 3. The van der Waals surface area contributed by atoms with Crippen LogP contribution in [0.4, 0.5) is 18.9 Å². The fraction of sp³-hybridized carbons (Fsp3) is 0.650. The normalized spacial score (nSPS) is 21.0. The van der Waals surface area contributed by atoms with Gasteiger partial charge in [0.25, 0.3) is 0 Å². The maximum atomic E-state index is 12.8. The van der Waals surface area contributed by atoms with Gasteiger partial charge in [-0.05, 0) is 76.4 Å². The monoisotopic (exact) mass is 513 g/mol. The van der Waals surface area contributed by atoms with E-state index in [9.17, 15) is 26.1 Å². The Morgan fingerprint density at radius 3 is 2.24 bits per heavy atom. The average Bonchev–Trinajstić information content (AvgIpc) is 2.92. The molecule has 1 spiro atoms. The Bertz CT molecular complexity index is 959. The van der Waals surface area contributed by atoms with Gasteiger partial charge in [0.15, 0.2) is 0 Å². The number of carboxylic acid groups (broad SMARTS) is 1. The van der Waals surface area contributed by atoms with Crippen molar-refractivity contribution in [2.45, 2.75) is 57.0 Å². The van der Waals surface area contributed by atoms with Gasteiger partial charge in [-0.2, -0.15) is 13.2 Å². The number of rotatable bonds is 4. The van der Waals surface area contributed by atoms with Crippen molar-refractivity contribution >= 4 is 33.0 Å². The zero-order chi connectivity index (χ0) is 25.2. The van der Waals surface area contributed by atoms with Crippen LogP contribution in [-0.4, -0.2) is 54.3 Å². The first-order chi connectivity index (χ1) is 14.9. The summed E-state index contributed by atoms with van der Waals surface area (Å²) in [6, 6.07) is 5.74. The van der Waals surface area contributed by atoms with E-state index in [0.717, 1.165) is 49.7 Å². The number of aliphatic carboxylic acids is 1. The molecule has 1 fully saturated rings. The van der Waals surface area contributed by atoms with Crippen LogP contribution in [-0.2, 0) is 32.6 Å². The average molecular weight is 514 g/mol. The number of benzene rings is 1. The molecule has 0 aromatic heterocycles. The summed E-state index contributed by atoms with van der Waals surface area (Å²) in [5, 5.41) is 10.5. The Morgan fingerprint density at radius 1 is 1.24 bits per heavy atom. The van der Waals surface area contributed by atoms with Crippen LogP contribution in [0.15, 0.2) is 18.2 Å². The quantitative estimate of drug-likeness (QED) is 0.456. The van der Waals surface area contributed by atoms with E-state index in [1.807, 2.05) is 32.9 Å². The fourth-order valence-electron chi connectivity index (χ4n) is 3.99. The molecule has 2 aliphatic rings. The smallest absolute Gasteiger partial charge is 0.490 e. The molecule has 1 aromatic rings. The van der Waals surface area contributed by atoms with Crippen molar-refractivity contribution in [1.29, 1.82) is 0 Å². The SMILES string of the molecule is CC(C)(C)[S@@+]([O-])N[C@@H]1c2ccc(NS(C)(=O)=O)cc2CC12CCNCC2.O=C(O)C(F)(F)F. The maximum Gasteiger partial charge on any atom is 0.490 e. The molecule has 0 bridgehead atoms. The highest BCUT2D eigenvalue weighted by atomic mass is 32.2. The largest absolute Gasteiger partial charge is 0.598 e. The summed E-state index contributed by atoms with van der Waals surface area (Å²) in [6.45, 7) is 7.81. The van der Waals surface area contributed by atoms with Crippen molar-refractivity contribution in [3.63, 3.8) is 0 Å². The van der Waals surface area contributed by atoms with Gasteiger partial charge >= 0.3 is 12.1 Å². The molecular weight excluding hydrogens is 483 g/mol. The third-order valence-electron chi connectivity index (χ3n) is 5.54. The molecule has 4 N–H and O–H groups in total. The van der Waals surface area contributed by atoms with Gasteiger partial charge in [0, 0.05) is 22.5 Å². The Kier molecular flexibility index (Phi) is 8.38. The topological polar surface area (TPSA) is 131 Å². The molecule has 0 saturated carbocycles. The molecule has 8 nitrogen and oxygen atoms in total. The van der Waals surface area contributed by atoms with Crippen LogP contribution < -0.4 is 14.8 Å². The van der Waals surface area contributed by atoms with Gasteiger partial charge in [-0.1, -0.05) is 6.07 Å². The lowest BCUT2D eigenvalue weighted by atomic mass is 9.73. The van der Waals surface area contributed by atoms with Gasteiger partial charge in [-0.25, -0.2) is 13.2 Å². The first-order valence-corrected chi connectivity index (χ1v) is 13.3. The Hall–Kier alpha value is -1.54. The minimum absolute atomic E-state index is 0.0203. The van der Waals surface area contributed by atoms with E-state index >= 15 is 0 Å². The van der Waals surface area contributed by atoms with Crippen LogP contribution in [0, 0.1) is 5.41 Å². The van der Waals surface area contributed by atoms with Crippen molar-refractivity contribution in [1.82, 2.24) is 10.0 Å². The third-order valence-corrected chi connectivity index (χ3v) is 7.70. The molecule has 1 aromatic carbocycles. The predicted octanol–water partition coefficient (Wildman–Crippen LogP) is 2.71. The number of nitrogens with one attached hydrogen (secondary N) is 3. The van der Waals surface area contributed by atoms with Crippen LogP contribution in [0.3, 0.4) is 0 Å². The number of hydrogen-bond acceptors (Lipinski definition) is 6. The highest BCUT2D eigenvalue weighted by molar-refractivity contribution is 7.92. The standard InChI is InChI=1S/C18H29N3O3S2.C2HF3O2/c1-17(2,3)25(22)20-16-15-6-5-14(21-26(4,23)24)11-13(15)12-18(16)7-9-19-10-8-18;3-2(4,5)1(6)7/h5-6,11,16,19-21H,7-10,12H2,1-4H3;(H,6,7)/t16-,25-;/m1./s1. The van der Waals surface area contributed by atoms with Crippen molar-refractivity contribution in [2.24, 2.45) is 5.41 Å². The molecule has 0 amide bonds. The lowest BCUT2D eigenvalue weighted by molar-refractivity contribution is -0.192. The molecule has 1 aliphatic carbocycles. The number of carbonyl (C=O) groups is 1. The van der Waals surface area contributed by atoms with Gasteiger partial charge < -0.3 is 15.0 Å². The Balaban J connectivity index is 0.000000479. The highest BCUT2D eigenvalue weighted by Gasteiger charge is 2.49. The molecule has 1 saturated heterocycles. The maximum absolute atomic E-state index is 12.8. The van der Waals surface area contributed by atoms with Gasteiger partial charge in [-0.15, -0.1) is 4.72 Å². The highest BCUT2D eigenvalue weighted by Crippen LogP contribution is 2.52. The molecule has 0 radical (unpaired) electrons. The molecule has 0 unspecified atom stereocenters. The van der Waals surface area contributed by atoms with Gasteiger partial charge in [-0.3, -0.25) is 4.72 Å². The minimum Gasteiger partial charge on any atom is -0.598 e. The fourth-order valence-corrected chi connectivity index (χ4v) is 5.49. The lowest BCUT2D eigenvalue weighted by Crippen LogP contribution is -2.48. The second-order valence-electron chi connectivity index (χ2n) is 9.31. The van der Waals surface area contributed by atoms with Crippen molar-refractivity contribution < 1.29 is 36.0 Å². The second kappa shape index (κ2) is 9.98. The van der Waals surface area contributed by atoms with Crippen molar-refractivity contribution in [3.05, 3.63) is 29.3 Å².